The van der Waals surface area contributed by atoms with Gasteiger partial charge in [0.15, 0.2) is 6.29 Å². The van der Waals surface area contributed by atoms with Gasteiger partial charge in [0.05, 0.1) is 24.9 Å². The zero-order chi connectivity index (χ0) is 14.8. The molecule has 1 aromatic rings. The first-order valence-electron chi connectivity index (χ1n) is 7.22. The van der Waals surface area contributed by atoms with E-state index >= 15 is 0 Å². The fraction of sp³-hybridized carbons (Fsp3) is 0.600. The fourth-order valence-corrected chi connectivity index (χ4v) is 3.15. The van der Waals surface area contributed by atoms with Gasteiger partial charge >= 0.3 is 0 Å². The van der Waals surface area contributed by atoms with Crippen LogP contribution in [0, 0.1) is 5.92 Å². The van der Waals surface area contributed by atoms with E-state index in [0.29, 0.717) is 6.61 Å². The highest BCUT2D eigenvalue weighted by molar-refractivity contribution is 5.16. The van der Waals surface area contributed by atoms with Crippen LogP contribution in [0.5, 0.6) is 0 Å². The number of hydrogen-bond donors (Lipinski definition) is 0. The molecule has 0 amide bonds. The van der Waals surface area contributed by atoms with Gasteiger partial charge in [0.2, 0.25) is 0 Å². The Balaban J connectivity index is 1.78. The molecule has 2 aliphatic rings. The second-order valence-electron chi connectivity index (χ2n) is 5.61. The largest absolute Gasteiger partial charge is 0.370 e. The first kappa shape index (κ1) is 14.4. The zero-order valence-electron chi connectivity index (χ0n) is 12.1. The van der Waals surface area contributed by atoms with Crippen molar-refractivity contribution in [3.05, 3.63) is 46.3 Å². The Morgan fingerprint density at radius 3 is 2.67 bits per heavy atom. The number of azide groups is 1. The first-order chi connectivity index (χ1) is 10.2. The zero-order valence-corrected chi connectivity index (χ0v) is 12.1. The molecule has 0 aliphatic carbocycles. The highest BCUT2D eigenvalue weighted by Crippen LogP contribution is 2.37. The Morgan fingerprint density at radius 2 is 1.95 bits per heavy atom. The maximum Gasteiger partial charge on any atom is 0.184 e. The van der Waals surface area contributed by atoms with Crippen LogP contribution in [0.4, 0.5) is 0 Å². The molecular formula is C15H19N3O3. The summed E-state index contributed by atoms with van der Waals surface area (Å²) in [5, 5.41) is 3.87. The van der Waals surface area contributed by atoms with Crippen LogP contribution in [0.1, 0.15) is 25.7 Å². The standard InChI is InChI=1S/C15H19N3O3/c1-9-13(17-18-16)10(2)20-12-8-19-15(21-14(9)12)11-6-4-3-5-7-11/h3-7,9-10,12-15H,8H2,1-2H3/t9-,10+,12?,13?,14-,15?/m1/s1. The summed E-state index contributed by atoms with van der Waals surface area (Å²) < 4.78 is 17.8. The molecule has 1 aromatic carbocycles. The summed E-state index contributed by atoms with van der Waals surface area (Å²) >= 11 is 0. The predicted octanol–water partition coefficient (Wildman–Crippen LogP) is 3.20. The van der Waals surface area contributed by atoms with Gasteiger partial charge < -0.3 is 14.2 Å². The molecule has 2 fully saturated rings. The van der Waals surface area contributed by atoms with E-state index in [-0.39, 0.29) is 30.3 Å². The predicted molar refractivity (Wildman–Crippen MR) is 76.4 cm³/mol. The van der Waals surface area contributed by atoms with Crippen molar-refractivity contribution >= 4 is 0 Å². The van der Waals surface area contributed by atoms with Crippen molar-refractivity contribution in [1.29, 1.82) is 0 Å². The van der Waals surface area contributed by atoms with Crippen molar-refractivity contribution in [3.8, 4) is 0 Å². The van der Waals surface area contributed by atoms with Gasteiger partial charge in [0.25, 0.3) is 0 Å². The third-order valence-electron chi connectivity index (χ3n) is 4.24. The molecule has 2 aliphatic heterocycles. The molecule has 0 bridgehead atoms. The monoisotopic (exact) mass is 289 g/mol. The molecule has 0 spiro atoms. The van der Waals surface area contributed by atoms with Crippen LogP contribution >= 0.6 is 0 Å². The van der Waals surface area contributed by atoms with Gasteiger partial charge in [0.1, 0.15) is 6.10 Å². The van der Waals surface area contributed by atoms with Gasteiger partial charge in [-0.05, 0) is 18.4 Å². The van der Waals surface area contributed by atoms with Gasteiger partial charge in [0, 0.05) is 10.5 Å². The maximum absolute atomic E-state index is 8.72. The molecule has 0 N–H and O–H groups in total. The molecule has 2 heterocycles. The molecule has 0 saturated carbocycles. The van der Waals surface area contributed by atoms with Crippen molar-refractivity contribution in [3.63, 3.8) is 0 Å². The lowest BCUT2D eigenvalue weighted by molar-refractivity contribution is -0.301. The summed E-state index contributed by atoms with van der Waals surface area (Å²) in [5.74, 6) is 0.0877. The van der Waals surface area contributed by atoms with Crippen LogP contribution in [0.2, 0.25) is 0 Å². The van der Waals surface area contributed by atoms with E-state index in [0.717, 1.165) is 5.56 Å². The Labute approximate surface area is 123 Å². The molecule has 112 valence electrons. The van der Waals surface area contributed by atoms with E-state index in [9.17, 15) is 0 Å². The Bertz CT molecular complexity index is 532. The number of nitrogens with zero attached hydrogens (tertiary/aromatic N) is 3. The molecule has 0 radical (unpaired) electrons. The summed E-state index contributed by atoms with van der Waals surface area (Å²) in [5.41, 5.74) is 9.71. The number of rotatable bonds is 2. The summed E-state index contributed by atoms with van der Waals surface area (Å²) in [6.07, 6.45) is -0.757. The third-order valence-corrected chi connectivity index (χ3v) is 4.24. The van der Waals surface area contributed by atoms with Crippen LogP contribution in [-0.2, 0) is 14.2 Å². The number of hydrogen-bond acceptors (Lipinski definition) is 4. The minimum atomic E-state index is -0.390. The highest BCUT2D eigenvalue weighted by Gasteiger charge is 2.46. The lowest BCUT2D eigenvalue weighted by atomic mass is 9.86. The van der Waals surface area contributed by atoms with Crippen LogP contribution in [0.25, 0.3) is 10.4 Å². The average Bonchev–Trinajstić information content (AvgIpc) is 2.52. The lowest BCUT2D eigenvalue weighted by Gasteiger charge is -2.47. The van der Waals surface area contributed by atoms with Crippen molar-refractivity contribution < 1.29 is 14.2 Å². The van der Waals surface area contributed by atoms with Gasteiger partial charge in [-0.25, -0.2) is 0 Å². The number of benzene rings is 1. The quantitative estimate of drug-likeness (QED) is 0.476. The van der Waals surface area contributed by atoms with Crippen LogP contribution in [-0.4, -0.2) is 31.0 Å². The topological polar surface area (TPSA) is 76.5 Å². The van der Waals surface area contributed by atoms with E-state index in [1.54, 1.807) is 0 Å². The molecule has 6 heteroatoms. The molecular weight excluding hydrogens is 270 g/mol. The van der Waals surface area contributed by atoms with Gasteiger partial charge in [-0.2, -0.15) is 0 Å². The number of fused-ring (bicyclic) bond motifs is 1. The van der Waals surface area contributed by atoms with Crippen LogP contribution in [0.3, 0.4) is 0 Å². The van der Waals surface area contributed by atoms with E-state index < -0.39 is 6.29 Å². The van der Waals surface area contributed by atoms with Crippen molar-refractivity contribution in [2.75, 3.05) is 6.61 Å². The van der Waals surface area contributed by atoms with Crippen LogP contribution in [0.15, 0.2) is 35.4 Å². The molecule has 6 atom stereocenters. The lowest BCUT2D eigenvalue weighted by Crippen LogP contribution is -2.56. The SMILES string of the molecule is C[C@@H]1OC2COC(c3ccccc3)O[C@@H]2[C@H](C)C1N=[N+]=[N-]. The second-order valence-corrected chi connectivity index (χ2v) is 5.61. The van der Waals surface area contributed by atoms with Crippen molar-refractivity contribution in [2.45, 2.75) is 44.5 Å². The van der Waals surface area contributed by atoms with Crippen molar-refractivity contribution in [2.24, 2.45) is 11.0 Å². The summed E-state index contributed by atoms with van der Waals surface area (Å²) in [7, 11) is 0. The van der Waals surface area contributed by atoms with E-state index in [1.165, 1.54) is 0 Å². The normalized spacial score (nSPS) is 39.1. The van der Waals surface area contributed by atoms with Crippen molar-refractivity contribution in [1.82, 2.24) is 0 Å². The summed E-state index contributed by atoms with van der Waals surface area (Å²) in [6, 6.07) is 9.62. The second kappa shape index (κ2) is 6.03. The molecule has 6 nitrogen and oxygen atoms in total. The van der Waals surface area contributed by atoms with Gasteiger partial charge in [-0.15, -0.1) is 0 Å². The minimum absolute atomic E-state index is 0.0877. The fourth-order valence-electron chi connectivity index (χ4n) is 3.15. The minimum Gasteiger partial charge on any atom is -0.370 e. The van der Waals surface area contributed by atoms with E-state index in [4.69, 9.17) is 19.7 Å². The summed E-state index contributed by atoms with van der Waals surface area (Å²) in [4.78, 5) is 2.93. The Kier molecular flexibility index (Phi) is 4.12. The molecule has 21 heavy (non-hydrogen) atoms. The molecule has 3 unspecified atom stereocenters. The highest BCUT2D eigenvalue weighted by atomic mass is 16.7. The molecule has 3 rings (SSSR count). The Hall–Kier alpha value is -1.59. The maximum atomic E-state index is 8.72. The average molecular weight is 289 g/mol. The smallest absolute Gasteiger partial charge is 0.184 e. The first-order valence-corrected chi connectivity index (χ1v) is 7.22. The van der Waals surface area contributed by atoms with E-state index in [1.807, 2.05) is 44.2 Å². The number of ether oxygens (including phenoxy) is 3. The summed E-state index contributed by atoms with van der Waals surface area (Å²) in [6.45, 7) is 4.46. The van der Waals surface area contributed by atoms with E-state index in [2.05, 4.69) is 10.0 Å². The Morgan fingerprint density at radius 1 is 1.19 bits per heavy atom. The molecule has 2 saturated heterocycles. The molecule has 0 aromatic heterocycles. The van der Waals surface area contributed by atoms with Gasteiger partial charge in [-0.1, -0.05) is 42.4 Å². The third kappa shape index (κ3) is 2.76. The van der Waals surface area contributed by atoms with Gasteiger partial charge in [-0.3, -0.25) is 0 Å². The van der Waals surface area contributed by atoms with Crippen LogP contribution < -0.4 is 0 Å².